The van der Waals surface area contributed by atoms with Crippen molar-refractivity contribution in [1.29, 1.82) is 0 Å². The van der Waals surface area contributed by atoms with E-state index in [1.54, 1.807) is 24.3 Å². The van der Waals surface area contributed by atoms with Gasteiger partial charge in [-0.3, -0.25) is 24.1 Å². The molecule has 1 heterocycles. The average Bonchev–Trinajstić information content (AvgIpc) is 3.39. The molecule has 1 saturated heterocycles. The molecule has 0 bridgehead atoms. The second-order valence-electron chi connectivity index (χ2n) is 13.1. The number of amides is 4. The van der Waals surface area contributed by atoms with Crippen molar-refractivity contribution in [2.24, 2.45) is 5.73 Å². The molecule has 0 saturated carbocycles. The predicted octanol–water partition coefficient (Wildman–Crippen LogP) is 4.72. The maximum atomic E-state index is 13.7. The monoisotopic (exact) mass is 691 g/mol. The number of unbranched alkanes of at least 4 members (excludes halogenated alkanes) is 1. The SMILES string of the molecule is NC(=O)CC[C@H](NC(=O)C1CCCCN1Cc1ccccc1)C(=O)NCCCCC1(C(=O)NCC(F)(F)F)c2ccccc2-c2ccccc21. The average molecular weight is 692 g/mol. The zero-order chi connectivity index (χ0) is 35.7. The summed E-state index contributed by atoms with van der Waals surface area (Å²) in [5.41, 5.74) is 8.01. The summed E-state index contributed by atoms with van der Waals surface area (Å²) in [6.07, 6.45) is -1.12. The van der Waals surface area contributed by atoms with Crippen LogP contribution in [0, 0.1) is 0 Å². The van der Waals surface area contributed by atoms with Crippen LogP contribution in [0.4, 0.5) is 13.2 Å². The highest BCUT2D eigenvalue weighted by atomic mass is 19.4. The number of fused-ring (bicyclic) bond motifs is 3. The highest BCUT2D eigenvalue weighted by Crippen LogP contribution is 2.51. The molecule has 2 aliphatic rings. The molecule has 5 N–H and O–H groups in total. The fraction of sp³-hybridized carbons (Fsp3) is 0.421. The number of piperidine rings is 1. The number of nitrogens with two attached hydrogens (primary N) is 1. The lowest BCUT2D eigenvalue weighted by Crippen LogP contribution is -2.55. The molecule has 1 fully saturated rings. The van der Waals surface area contributed by atoms with Crippen LogP contribution in [0.3, 0.4) is 0 Å². The summed E-state index contributed by atoms with van der Waals surface area (Å²) in [7, 11) is 0. The van der Waals surface area contributed by atoms with Gasteiger partial charge < -0.3 is 21.7 Å². The van der Waals surface area contributed by atoms with Gasteiger partial charge in [-0.25, -0.2) is 0 Å². The van der Waals surface area contributed by atoms with Crippen molar-refractivity contribution in [2.45, 2.75) is 81.6 Å². The normalized spacial score (nSPS) is 17.2. The number of nitrogens with one attached hydrogen (secondary N) is 3. The van der Waals surface area contributed by atoms with Gasteiger partial charge in [-0.05, 0) is 72.9 Å². The van der Waals surface area contributed by atoms with Gasteiger partial charge in [0, 0.05) is 19.5 Å². The second-order valence-corrected chi connectivity index (χ2v) is 13.1. The summed E-state index contributed by atoms with van der Waals surface area (Å²) >= 11 is 0. The minimum atomic E-state index is -4.57. The number of primary amides is 1. The van der Waals surface area contributed by atoms with E-state index < -0.39 is 47.9 Å². The molecule has 3 aromatic carbocycles. The van der Waals surface area contributed by atoms with Gasteiger partial charge in [0.05, 0.1) is 6.04 Å². The van der Waals surface area contributed by atoms with E-state index in [4.69, 9.17) is 5.73 Å². The molecule has 1 aliphatic heterocycles. The van der Waals surface area contributed by atoms with Crippen LogP contribution in [0.2, 0.25) is 0 Å². The molecule has 50 heavy (non-hydrogen) atoms. The minimum absolute atomic E-state index is 0.0361. The minimum Gasteiger partial charge on any atom is -0.370 e. The first kappa shape index (κ1) is 36.6. The fourth-order valence-electron chi connectivity index (χ4n) is 7.25. The van der Waals surface area contributed by atoms with Gasteiger partial charge in [-0.1, -0.05) is 85.3 Å². The summed E-state index contributed by atoms with van der Waals surface area (Å²) in [6.45, 7) is 0.0870. The number of alkyl halides is 3. The molecule has 4 amide bonds. The van der Waals surface area contributed by atoms with E-state index in [9.17, 15) is 32.3 Å². The van der Waals surface area contributed by atoms with E-state index in [1.165, 1.54) is 0 Å². The van der Waals surface area contributed by atoms with Crippen LogP contribution in [-0.2, 0) is 31.1 Å². The molecule has 9 nitrogen and oxygen atoms in total. The van der Waals surface area contributed by atoms with Crippen LogP contribution in [0.5, 0.6) is 0 Å². The Morgan fingerprint density at radius 2 is 1.50 bits per heavy atom. The first-order valence-electron chi connectivity index (χ1n) is 17.2. The number of hydrogen-bond donors (Lipinski definition) is 4. The van der Waals surface area contributed by atoms with Crippen molar-refractivity contribution in [3.8, 4) is 11.1 Å². The molecule has 1 unspecified atom stereocenters. The second kappa shape index (κ2) is 16.3. The molecule has 266 valence electrons. The maximum Gasteiger partial charge on any atom is 0.405 e. The number of benzene rings is 3. The summed E-state index contributed by atoms with van der Waals surface area (Å²) in [4.78, 5) is 54.4. The lowest BCUT2D eigenvalue weighted by Gasteiger charge is -2.35. The molecule has 3 aromatic rings. The number of halogens is 3. The van der Waals surface area contributed by atoms with Crippen LogP contribution in [0.25, 0.3) is 11.1 Å². The molecule has 0 spiro atoms. The number of carbonyl (C=O) groups excluding carboxylic acids is 4. The number of hydrogen-bond acceptors (Lipinski definition) is 5. The van der Waals surface area contributed by atoms with E-state index in [0.717, 1.165) is 36.1 Å². The molecular formula is C38H44F3N5O4. The van der Waals surface area contributed by atoms with Crippen molar-refractivity contribution < 1.29 is 32.3 Å². The maximum absolute atomic E-state index is 13.7. The lowest BCUT2D eigenvalue weighted by molar-refractivity contribution is -0.141. The van der Waals surface area contributed by atoms with Gasteiger partial charge in [0.25, 0.3) is 0 Å². The quantitative estimate of drug-likeness (QED) is 0.171. The smallest absolute Gasteiger partial charge is 0.370 e. The Hall–Kier alpha value is -4.71. The highest BCUT2D eigenvalue weighted by molar-refractivity contribution is 6.00. The third-order valence-corrected chi connectivity index (χ3v) is 9.64. The number of carbonyl (C=O) groups is 4. The fourth-order valence-corrected chi connectivity index (χ4v) is 7.25. The topological polar surface area (TPSA) is 134 Å². The van der Waals surface area contributed by atoms with E-state index >= 15 is 0 Å². The zero-order valence-electron chi connectivity index (χ0n) is 27.9. The predicted molar refractivity (Wildman–Crippen MR) is 183 cm³/mol. The van der Waals surface area contributed by atoms with Crippen molar-refractivity contribution in [2.75, 3.05) is 19.6 Å². The van der Waals surface area contributed by atoms with Gasteiger partial charge in [0.2, 0.25) is 23.6 Å². The van der Waals surface area contributed by atoms with Gasteiger partial charge in [-0.2, -0.15) is 13.2 Å². The Morgan fingerprint density at radius 1 is 0.860 bits per heavy atom. The van der Waals surface area contributed by atoms with E-state index in [2.05, 4.69) is 20.9 Å². The highest BCUT2D eigenvalue weighted by Gasteiger charge is 2.49. The van der Waals surface area contributed by atoms with E-state index in [0.29, 0.717) is 36.9 Å². The molecule has 5 rings (SSSR count). The molecular weight excluding hydrogens is 647 g/mol. The van der Waals surface area contributed by atoms with Gasteiger partial charge in [0.1, 0.15) is 18.0 Å². The van der Waals surface area contributed by atoms with Crippen LogP contribution in [0.1, 0.15) is 68.1 Å². The van der Waals surface area contributed by atoms with Gasteiger partial charge in [-0.15, -0.1) is 0 Å². The summed E-state index contributed by atoms with van der Waals surface area (Å²) < 4.78 is 39.6. The molecule has 0 aromatic heterocycles. The van der Waals surface area contributed by atoms with Crippen molar-refractivity contribution >= 4 is 23.6 Å². The van der Waals surface area contributed by atoms with Crippen molar-refractivity contribution in [3.05, 3.63) is 95.6 Å². The van der Waals surface area contributed by atoms with Gasteiger partial charge in [0.15, 0.2) is 0 Å². The molecule has 0 radical (unpaired) electrons. The van der Waals surface area contributed by atoms with Gasteiger partial charge >= 0.3 is 6.18 Å². The number of rotatable bonds is 15. The number of nitrogens with zero attached hydrogens (tertiary/aromatic N) is 1. The van der Waals surface area contributed by atoms with Crippen LogP contribution in [-0.4, -0.2) is 66.4 Å². The Balaban J connectivity index is 1.23. The largest absolute Gasteiger partial charge is 0.405 e. The van der Waals surface area contributed by atoms with Crippen LogP contribution >= 0.6 is 0 Å². The van der Waals surface area contributed by atoms with Crippen LogP contribution < -0.4 is 21.7 Å². The molecule has 2 atom stereocenters. The standard InChI is InChI=1S/C38H44F3N5O4/c39-38(40,41)25-44-36(50)37(29-16-6-4-14-27(29)28-15-5-7-17-30(28)37)21-9-10-22-43-34(48)31(19-20-33(42)47)45-35(49)32-18-8-11-23-46(32)24-26-12-2-1-3-13-26/h1-7,12-17,31-32H,8-11,18-25H2,(H2,42,47)(H,43,48)(H,44,50)(H,45,49)/t31-,32?/m0/s1. The first-order chi connectivity index (χ1) is 24.0. The molecule has 12 heteroatoms. The first-order valence-corrected chi connectivity index (χ1v) is 17.2. The third kappa shape index (κ3) is 8.71. The van der Waals surface area contributed by atoms with Crippen LogP contribution in [0.15, 0.2) is 78.9 Å². The Kier molecular flexibility index (Phi) is 11.9. The third-order valence-electron chi connectivity index (χ3n) is 9.64. The van der Waals surface area contributed by atoms with E-state index in [-0.39, 0.29) is 31.7 Å². The Labute approximate surface area is 290 Å². The summed E-state index contributed by atoms with van der Waals surface area (Å²) in [5.74, 6) is -2.06. The molecule has 1 aliphatic carbocycles. The summed E-state index contributed by atoms with van der Waals surface area (Å²) in [5, 5.41) is 7.85. The Bertz CT molecular complexity index is 1620. The van der Waals surface area contributed by atoms with Crippen molar-refractivity contribution in [3.63, 3.8) is 0 Å². The Morgan fingerprint density at radius 3 is 2.14 bits per heavy atom. The van der Waals surface area contributed by atoms with Crippen molar-refractivity contribution in [1.82, 2.24) is 20.9 Å². The zero-order valence-corrected chi connectivity index (χ0v) is 27.9. The van der Waals surface area contributed by atoms with E-state index in [1.807, 2.05) is 54.6 Å². The number of likely N-dealkylation sites (tertiary alicyclic amines) is 1. The lowest BCUT2D eigenvalue weighted by atomic mass is 9.73. The summed E-state index contributed by atoms with van der Waals surface area (Å²) in [6, 6.07) is 22.9.